The van der Waals surface area contributed by atoms with E-state index in [1.54, 1.807) is 23.5 Å². The number of benzene rings is 1. The molecule has 0 aliphatic carbocycles. The number of halogens is 2. The smallest absolute Gasteiger partial charge is 0.152 e. The monoisotopic (exact) mass is 301 g/mol. The highest BCUT2D eigenvalue weighted by Crippen LogP contribution is 2.37. The van der Waals surface area contributed by atoms with E-state index in [4.69, 9.17) is 23.2 Å². The maximum atomic E-state index is 9.53. The van der Waals surface area contributed by atoms with Gasteiger partial charge in [-0.15, -0.1) is 11.3 Å². The molecule has 0 atom stereocenters. The summed E-state index contributed by atoms with van der Waals surface area (Å²) in [6.45, 7) is 6.35. The lowest BCUT2D eigenvalue weighted by Gasteiger charge is -2.13. The van der Waals surface area contributed by atoms with Gasteiger partial charge in [0.1, 0.15) is 0 Å². The summed E-state index contributed by atoms with van der Waals surface area (Å²) in [4.78, 5) is 4.58. The van der Waals surface area contributed by atoms with Crippen LogP contribution in [0.3, 0.4) is 0 Å². The number of phenolic OH excluding ortho intramolecular Hbond substituents is 1. The summed E-state index contributed by atoms with van der Waals surface area (Å²) < 4.78 is 0. The first kappa shape index (κ1) is 13.7. The van der Waals surface area contributed by atoms with Crippen LogP contribution in [0.4, 0.5) is 0 Å². The van der Waals surface area contributed by atoms with Gasteiger partial charge in [0.2, 0.25) is 0 Å². The fraction of sp³-hybridized carbons (Fsp3) is 0.308. The van der Waals surface area contributed by atoms with Crippen molar-refractivity contribution in [1.29, 1.82) is 0 Å². The number of thiazole rings is 1. The Morgan fingerprint density at radius 3 is 2.17 bits per heavy atom. The number of aromatic hydroxyl groups is 1. The Balaban J connectivity index is 2.47. The molecular formula is C13H13Cl2NOS. The largest absolute Gasteiger partial charge is 0.505 e. The fourth-order valence-corrected chi connectivity index (χ4v) is 2.87. The van der Waals surface area contributed by atoms with Crippen LogP contribution >= 0.6 is 34.5 Å². The third kappa shape index (κ3) is 2.63. The van der Waals surface area contributed by atoms with Gasteiger partial charge in [-0.2, -0.15) is 0 Å². The minimum absolute atomic E-state index is 0.0213. The van der Waals surface area contributed by atoms with Crippen molar-refractivity contribution in [3.8, 4) is 17.0 Å². The van der Waals surface area contributed by atoms with Gasteiger partial charge in [0, 0.05) is 16.4 Å². The molecule has 1 heterocycles. The van der Waals surface area contributed by atoms with E-state index in [-0.39, 0.29) is 21.2 Å². The van der Waals surface area contributed by atoms with Crippen LogP contribution in [0, 0.1) is 0 Å². The van der Waals surface area contributed by atoms with E-state index in [2.05, 4.69) is 25.8 Å². The van der Waals surface area contributed by atoms with E-state index >= 15 is 0 Å². The molecule has 0 aliphatic rings. The SMILES string of the molecule is CC(C)(C)c1nc(-c2cc(Cl)c(O)c(Cl)c2)cs1. The summed E-state index contributed by atoms with van der Waals surface area (Å²) in [5, 5.41) is 13.0. The molecule has 18 heavy (non-hydrogen) atoms. The minimum atomic E-state index is -0.0895. The number of aromatic nitrogens is 1. The molecule has 2 aromatic rings. The first-order valence-corrected chi connectivity index (χ1v) is 7.07. The van der Waals surface area contributed by atoms with Crippen LogP contribution in [0.25, 0.3) is 11.3 Å². The maximum Gasteiger partial charge on any atom is 0.152 e. The topological polar surface area (TPSA) is 33.1 Å². The van der Waals surface area contributed by atoms with Crippen LogP contribution in [-0.2, 0) is 5.41 Å². The number of hydrogen-bond donors (Lipinski definition) is 1. The van der Waals surface area contributed by atoms with Gasteiger partial charge in [-0.1, -0.05) is 44.0 Å². The van der Waals surface area contributed by atoms with Gasteiger partial charge < -0.3 is 5.11 Å². The van der Waals surface area contributed by atoms with E-state index in [1.807, 2.05) is 5.38 Å². The number of hydrogen-bond acceptors (Lipinski definition) is 3. The van der Waals surface area contributed by atoms with Crippen molar-refractivity contribution in [2.24, 2.45) is 0 Å². The Bertz CT molecular complexity index is 564. The summed E-state index contributed by atoms with van der Waals surface area (Å²) >= 11 is 13.4. The predicted molar refractivity (Wildman–Crippen MR) is 77.9 cm³/mol. The molecule has 0 fully saturated rings. The van der Waals surface area contributed by atoms with Crippen LogP contribution in [0.2, 0.25) is 10.0 Å². The van der Waals surface area contributed by atoms with E-state index in [0.29, 0.717) is 0 Å². The second-order valence-corrected chi connectivity index (χ2v) is 6.75. The number of rotatable bonds is 1. The fourth-order valence-electron chi connectivity index (χ4n) is 1.46. The molecule has 2 rings (SSSR count). The Hall–Kier alpha value is -0.770. The van der Waals surface area contributed by atoms with Crippen molar-refractivity contribution < 1.29 is 5.11 Å². The normalized spacial score (nSPS) is 11.8. The third-order valence-corrected chi connectivity index (χ3v) is 4.30. The third-order valence-electron chi connectivity index (χ3n) is 2.46. The lowest BCUT2D eigenvalue weighted by atomic mass is 9.98. The lowest BCUT2D eigenvalue weighted by Crippen LogP contribution is -2.10. The van der Waals surface area contributed by atoms with Gasteiger partial charge in [-0.05, 0) is 12.1 Å². The highest BCUT2D eigenvalue weighted by atomic mass is 35.5. The van der Waals surface area contributed by atoms with Crippen LogP contribution in [0.1, 0.15) is 25.8 Å². The molecule has 0 saturated heterocycles. The van der Waals surface area contributed by atoms with Crippen molar-refractivity contribution >= 4 is 34.5 Å². The molecule has 1 aromatic heterocycles. The van der Waals surface area contributed by atoms with E-state index in [9.17, 15) is 5.11 Å². The summed E-state index contributed by atoms with van der Waals surface area (Å²) in [6, 6.07) is 3.34. The molecule has 0 amide bonds. The number of nitrogens with zero attached hydrogens (tertiary/aromatic N) is 1. The molecule has 0 unspecified atom stereocenters. The highest BCUT2D eigenvalue weighted by molar-refractivity contribution is 7.10. The molecule has 0 saturated carbocycles. The predicted octanol–water partition coefficient (Wildman–Crippen LogP) is 5.12. The molecule has 96 valence electrons. The first-order chi connectivity index (χ1) is 8.29. The molecule has 0 spiro atoms. The molecule has 0 bridgehead atoms. The van der Waals surface area contributed by atoms with Crippen molar-refractivity contribution in [1.82, 2.24) is 4.98 Å². The van der Waals surface area contributed by atoms with Crippen molar-refractivity contribution in [2.45, 2.75) is 26.2 Å². The van der Waals surface area contributed by atoms with Crippen LogP contribution in [0.15, 0.2) is 17.5 Å². The van der Waals surface area contributed by atoms with Gasteiger partial charge >= 0.3 is 0 Å². The first-order valence-electron chi connectivity index (χ1n) is 5.43. The highest BCUT2D eigenvalue weighted by Gasteiger charge is 2.19. The Morgan fingerprint density at radius 1 is 1.17 bits per heavy atom. The summed E-state index contributed by atoms with van der Waals surface area (Å²) in [5.41, 5.74) is 1.66. The average molecular weight is 302 g/mol. The van der Waals surface area contributed by atoms with Gasteiger partial charge in [0.25, 0.3) is 0 Å². The van der Waals surface area contributed by atoms with E-state index < -0.39 is 0 Å². The van der Waals surface area contributed by atoms with Crippen molar-refractivity contribution in [3.63, 3.8) is 0 Å². The molecule has 1 aromatic carbocycles. The molecular weight excluding hydrogens is 289 g/mol. The zero-order chi connectivity index (χ0) is 13.5. The van der Waals surface area contributed by atoms with Crippen LogP contribution < -0.4 is 0 Å². The van der Waals surface area contributed by atoms with E-state index in [0.717, 1.165) is 16.3 Å². The molecule has 1 N–H and O–H groups in total. The van der Waals surface area contributed by atoms with Gasteiger partial charge in [-0.3, -0.25) is 0 Å². The zero-order valence-electron chi connectivity index (χ0n) is 10.3. The summed E-state index contributed by atoms with van der Waals surface area (Å²) in [5.74, 6) is -0.0895. The van der Waals surface area contributed by atoms with Crippen LogP contribution in [-0.4, -0.2) is 10.1 Å². The molecule has 0 aliphatic heterocycles. The zero-order valence-corrected chi connectivity index (χ0v) is 12.6. The second-order valence-electron chi connectivity index (χ2n) is 5.08. The average Bonchev–Trinajstić information content (AvgIpc) is 2.73. The quantitative estimate of drug-likeness (QED) is 0.793. The molecule has 5 heteroatoms. The summed E-state index contributed by atoms with van der Waals surface area (Å²) in [6.07, 6.45) is 0. The van der Waals surface area contributed by atoms with Gasteiger partial charge in [-0.25, -0.2) is 4.98 Å². The number of phenols is 1. The van der Waals surface area contributed by atoms with Gasteiger partial charge in [0.05, 0.1) is 20.7 Å². The lowest BCUT2D eigenvalue weighted by molar-refractivity contribution is 0.476. The Labute approximate surface area is 120 Å². The standard InChI is InChI=1S/C13H13Cl2NOS/c1-13(2,3)12-16-10(6-18-12)7-4-8(14)11(17)9(15)5-7/h4-6,17H,1-3H3. The van der Waals surface area contributed by atoms with Crippen LogP contribution in [0.5, 0.6) is 5.75 Å². The maximum absolute atomic E-state index is 9.53. The second kappa shape index (κ2) is 4.72. The van der Waals surface area contributed by atoms with Crippen molar-refractivity contribution in [2.75, 3.05) is 0 Å². The summed E-state index contributed by atoms with van der Waals surface area (Å²) in [7, 11) is 0. The van der Waals surface area contributed by atoms with E-state index in [1.165, 1.54) is 0 Å². The minimum Gasteiger partial charge on any atom is -0.505 e. The molecule has 0 radical (unpaired) electrons. The van der Waals surface area contributed by atoms with Gasteiger partial charge in [0.15, 0.2) is 5.75 Å². The van der Waals surface area contributed by atoms with Crippen molar-refractivity contribution in [3.05, 3.63) is 32.6 Å². The Kier molecular flexibility index (Phi) is 3.58. The Morgan fingerprint density at radius 2 is 1.72 bits per heavy atom. The molecule has 2 nitrogen and oxygen atoms in total.